The van der Waals surface area contributed by atoms with Crippen LogP contribution in [0.5, 0.6) is 0 Å². The Morgan fingerprint density at radius 2 is 2.45 bits per heavy atom. The summed E-state index contributed by atoms with van der Waals surface area (Å²) in [6, 6.07) is 0. The summed E-state index contributed by atoms with van der Waals surface area (Å²) in [7, 11) is 0. The van der Waals surface area contributed by atoms with E-state index in [0.717, 1.165) is 6.29 Å². The molecule has 0 spiro atoms. The quantitative estimate of drug-likeness (QED) is 0.515. The van der Waals surface area contributed by atoms with Crippen molar-refractivity contribution in [1.82, 2.24) is 4.90 Å². The Balaban J connectivity index is 2.29. The first-order chi connectivity index (χ1) is 5.34. The average molecular weight is 157 g/mol. The van der Waals surface area contributed by atoms with Crippen molar-refractivity contribution in [1.29, 1.82) is 0 Å². The highest BCUT2D eigenvalue weighted by Crippen LogP contribution is 1.98. The molecule has 1 aliphatic heterocycles. The summed E-state index contributed by atoms with van der Waals surface area (Å²) < 4.78 is 4.91. The zero-order valence-corrected chi connectivity index (χ0v) is 6.28. The van der Waals surface area contributed by atoms with Gasteiger partial charge < -0.3 is 14.4 Å². The number of carbonyl (C=O) groups is 2. The van der Waals surface area contributed by atoms with Crippen molar-refractivity contribution in [3.63, 3.8) is 0 Å². The Morgan fingerprint density at radius 1 is 1.64 bits per heavy atom. The van der Waals surface area contributed by atoms with Gasteiger partial charge in [0, 0.05) is 19.5 Å². The Bertz CT molecular complexity index is 158. The Labute approximate surface area is 65.1 Å². The highest BCUT2D eigenvalue weighted by atomic mass is 16.5. The number of aldehydes is 1. The molecule has 0 aliphatic carbocycles. The van der Waals surface area contributed by atoms with Crippen molar-refractivity contribution in [3.8, 4) is 0 Å². The first-order valence-electron chi connectivity index (χ1n) is 3.64. The van der Waals surface area contributed by atoms with Gasteiger partial charge in [-0.2, -0.15) is 0 Å². The molecule has 0 atom stereocenters. The standard InChI is InChI=1S/C7H11NO3/c9-4-1-2-8-3-5-11-6-7(8)10/h4H,1-3,5-6H2. The molecule has 11 heavy (non-hydrogen) atoms. The van der Waals surface area contributed by atoms with Crippen LogP contribution in [0.25, 0.3) is 0 Å². The van der Waals surface area contributed by atoms with E-state index < -0.39 is 0 Å². The summed E-state index contributed by atoms with van der Waals surface area (Å²) in [5.74, 6) is -0.0156. The van der Waals surface area contributed by atoms with Gasteiger partial charge in [-0.15, -0.1) is 0 Å². The zero-order chi connectivity index (χ0) is 8.10. The first-order valence-corrected chi connectivity index (χ1v) is 3.64. The molecule has 62 valence electrons. The second kappa shape index (κ2) is 4.08. The van der Waals surface area contributed by atoms with Crippen LogP contribution in [-0.2, 0) is 14.3 Å². The lowest BCUT2D eigenvalue weighted by molar-refractivity contribution is -0.142. The first kappa shape index (κ1) is 8.20. The summed E-state index contributed by atoms with van der Waals surface area (Å²) in [5.41, 5.74) is 0. The van der Waals surface area contributed by atoms with E-state index >= 15 is 0 Å². The average Bonchev–Trinajstić information content (AvgIpc) is 2.03. The van der Waals surface area contributed by atoms with Gasteiger partial charge in [0.1, 0.15) is 12.9 Å². The van der Waals surface area contributed by atoms with E-state index in [9.17, 15) is 9.59 Å². The number of hydrogen-bond donors (Lipinski definition) is 0. The molecule has 0 N–H and O–H groups in total. The molecule has 1 fully saturated rings. The number of ether oxygens (including phenoxy) is 1. The molecule has 1 rings (SSSR count). The van der Waals surface area contributed by atoms with Gasteiger partial charge in [-0.1, -0.05) is 0 Å². The van der Waals surface area contributed by atoms with Gasteiger partial charge in [-0.3, -0.25) is 4.79 Å². The minimum Gasteiger partial charge on any atom is -0.370 e. The maximum absolute atomic E-state index is 11.0. The van der Waals surface area contributed by atoms with Gasteiger partial charge in [0.2, 0.25) is 5.91 Å². The molecular formula is C7H11NO3. The Kier molecular flexibility index (Phi) is 3.04. The normalized spacial score (nSPS) is 18.5. The number of amides is 1. The van der Waals surface area contributed by atoms with Gasteiger partial charge in [0.05, 0.1) is 6.61 Å². The minimum atomic E-state index is -0.0156. The summed E-state index contributed by atoms with van der Waals surface area (Å²) in [4.78, 5) is 22.6. The molecule has 1 saturated heterocycles. The van der Waals surface area contributed by atoms with Crippen LogP contribution in [-0.4, -0.2) is 43.4 Å². The van der Waals surface area contributed by atoms with Crippen LogP contribution in [0, 0.1) is 0 Å². The van der Waals surface area contributed by atoms with Crippen LogP contribution in [0.1, 0.15) is 6.42 Å². The Morgan fingerprint density at radius 3 is 3.09 bits per heavy atom. The van der Waals surface area contributed by atoms with Crippen LogP contribution in [0.3, 0.4) is 0 Å². The van der Waals surface area contributed by atoms with Gasteiger partial charge >= 0.3 is 0 Å². The lowest BCUT2D eigenvalue weighted by atomic mass is 10.3. The predicted octanol–water partition coefficient (Wildman–Crippen LogP) is -0.566. The molecule has 0 aromatic carbocycles. The van der Waals surface area contributed by atoms with Crippen molar-refractivity contribution in [2.45, 2.75) is 6.42 Å². The predicted molar refractivity (Wildman–Crippen MR) is 38.1 cm³/mol. The maximum atomic E-state index is 11.0. The van der Waals surface area contributed by atoms with Crippen LogP contribution >= 0.6 is 0 Å². The third-order valence-electron chi connectivity index (χ3n) is 1.60. The summed E-state index contributed by atoms with van der Waals surface area (Å²) in [5, 5.41) is 0. The third kappa shape index (κ3) is 2.31. The van der Waals surface area contributed by atoms with Crippen molar-refractivity contribution in [3.05, 3.63) is 0 Å². The minimum absolute atomic E-state index is 0.0156. The fourth-order valence-corrected chi connectivity index (χ4v) is 0.995. The second-order valence-corrected chi connectivity index (χ2v) is 2.39. The number of carbonyl (C=O) groups excluding carboxylic acids is 2. The van der Waals surface area contributed by atoms with Crippen LogP contribution in [0.4, 0.5) is 0 Å². The van der Waals surface area contributed by atoms with E-state index in [1.165, 1.54) is 0 Å². The maximum Gasteiger partial charge on any atom is 0.248 e. The van der Waals surface area contributed by atoms with E-state index in [1.807, 2.05) is 0 Å². The van der Waals surface area contributed by atoms with E-state index in [2.05, 4.69) is 0 Å². The lowest BCUT2D eigenvalue weighted by Crippen LogP contribution is -2.42. The SMILES string of the molecule is O=CCCN1CCOCC1=O. The Hall–Kier alpha value is -0.900. The largest absolute Gasteiger partial charge is 0.370 e. The second-order valence-electron chi connectivity index (χ2n) is 2.39. The van der Waals surface area contributed by atoms with Gasteiger partial charge in [0.25, 0.3) is 0 Å². The van der Waals surface area contributed by atoms with Crippen LogP contribution < -0.4 is 0 Å². The fourth-order valence-electron chi connectivity index (χ4n) is 0.995. The molecule has 0 bridgehead atoms. The van der Waals surface area contributed by atoms with Crippen molar-refractivity contribution >= 4 is 12.2 Å². The molecule has 1 amide bonds. The van der Waals surface area contributed by atoms with E-state index in [1.54, 1.807) is 4.90 Å². The number of nitrogens with zero attached hydrogens (tertiary/aromatic N) is 1. The number of rotatable bonds is 3. The van der Waals surface area contributed by atoms with E-state index in [-0.39, 0.29) is 12.5 Å². The summed E-state index contributed by atoms with van der Waals surface area (Å²) in [6.07, 6.45) is 1.24. The molecule has 0 aromatic heterocycles. The monoisotopic (exact) mass is 157 g/mol. The van der Waals surface area contributed by atoms with Gasteiger partial charge in [0.15, 0.2) is 0 Å². The fraction of sp³-hybridized carbons (Fsp3) is 0.714. The van der Waals surface area contributed by atoms with Crippen LogP contribution in [0.15, 0.2) is 0 Å². The molecule has 4 nitrogen and oxygen atoms in total. The van der Waals surface area contributed by atoms with E-state index in [0.29, 0.717) is 26.1 Å². The van der Waals surface area contributed by atoms with Crippen molar-refractivity contribution < 1.29 is 14.3 Å². The van der Waals surface area contributed by atoms with Gasteiger partial charge in [-0.05, 0) is 0 Å². The number of morpholine rings is 1. The number of hydrogen-bond acceptors (Lipinski definition) is 3. The highest BCUT2D eigenvalue weighted by Gasteiger charge is 2.16. The highest BCUT2D eigenvalue weighted by molar-refractivity contribution is 5.78. The molecule has 0 saturated carbocycles. The van der Waals surface area contributed by atoms with E-state index in [4.69, 9.17) is 4.74 Å². The van der Waals surface area contributed by atoms with Crippen LogP contribution in [0.2, 0.25) is 0 Å². The molecule has 4 heteroatoms. The summed E-state index contributed by atoms with van der Waals surface area (Å²) >= 11 is 0. The topological polar surface area (TPSA) is 46.6 Å². The smallest absolute Gasteiger partial charge is 0.248 e. The van der Waals surface area contributed by atoms with Crippen molar-refractivity contribution in [2.75, 3.05) is 26.3 Å². The molecule has 1 aliphatic rings. The zero-order valence-electron chi connectivity index (χ0n) is 6.28. The third-order valence-corrected chi connectivity index (χ3v) is 1.60. The molecule has 0 unspecified atom stereocenters. The molecular weight excluding hydrogens is 146 g/mol. The van der Waals surface area contributed by atoms with Crippen molar-refractivity contribution in [2.24, 2.45) is 0 Å². The van der Waals surface area contributed by atoms with Gasteiger partial charge in [-0.25, -0.2) is 0 Å². The molecule has 1 heterocycles. The molecule has 0 radical (unpaired) electrons. The molecule has 0 aromatic rings. The lowest BCUT2D eigenvalue weighted by Gasteiger charge is -2.25. The summed E-state index contributed by atoms with van der Waals surface area (Å²) in [6.45, 7) is 1.90.